The van der Waals surface area contributed by atoms with E-state index in [1.54, 1.807) is 18.4 Å². The third-order valence-corrected chi connectivity index (χ3v) is 13.4. The van der Waals surface area contributed by atoms with Crippen molar-refractivity contribution in [2.45, 2.75) is 109 Å². The topological polar surface area (TPSA) is 86.9 Å². The summed E-state index contributed by atoms with van der Waals surface area (Å²) in [6.45, 7) is 13.5. The molecule has 4 saturated heterocycles. The van der Waals surface area contributed by atoms with Gasteiger partial charge in [0.1, 0.15) is 4.83 Å². The van der Waals surface area contributed by atoms with Gasteiger partial charge in [0.15, 0.2) is 5.60 Å². The summed E-state index contributed by atoms with van der Waals surface area (Å²) in [4.78, 5) is 38.1. The van der Waals surface area contributed by atoms with Crippen molar-refractivity contribution in [1.82, 2.24) is 20.1 Å². The molecule has 2 aromatic heterocycles. The van der Waals surface area contributed by atoms with Crippen molar-refractivity contribution in [1.29, 1.82) is 0 Å². The molecule has 0 unspecified atom stereocenters. The number of aromatic amines is 1. The van der Waals surface area contributed by atoms with Gasteiger partial charge in [-0.1, -0.05) is 17.2 Å². The highest BCUT2D eigenvalue weighted by molar-refractivity contribution is 7.19. The maximum atomic E-state index is 14.0. The van der Waals surface area contributed by atoms with E-state index in [1.165, 1.54) is 38.2 Å². The number of fused-ring (bicyclic) bond motifs is 3. The van der Waals surface area contributed by atoms with Gasteiger partial charge < -0.3 is 29.6 Å². The zero-order valence-electron chi connectivity index (χ0n) is 29.6. The molecule has 0 radical (unpaired) electrons. The zero-order chi connectivity index (χ0) is 33.6. The van der Waals surface area contributed by atoms with E-state index in [0.717, 1.165) is 69.5 Å². The van der Waals surface area contributed by atoms with E-state index in [1.807, 2.05) is 0 Å². The summed E-state index contributed by atoms with van der Waals surface area (Å²) in [6, 6.07) is 10.0. The van der Waals surface area contributed by atoms with Gasteiger partial charge in [0.25, 0.3) is 5.91 Å². The molecule has 0 atom stereocenters. The van der Waals surface area contributed by atoms with Gasteiger partial charge in [-0.05, 0) is 121 Å². The Balaban J connectivity index is 1.05. The number of amides is 2. The van der Waals surface area contributed by atoms with Gasteiger partial charge in [-0.15, -0.1) is 11.3 Å². The average Bonchev–Trinajstić information content (AvgIpc) is 3.87. The Morgan fingerprint density at radius 2 is 1.65 bits per heavy atom. The van der Waals surface area contributed by atoms with E-state index in [0.29, 0.717) is 56.5 Å². The molecule has 9 heteroatoms. The standard InChI is InChI=1S/C39H54N4O4S/c1-25-20-26(2)22-28(21-25)34-31(12-17-42-15-10-27(11-16-42)24-40-36(44)39(46-5)13-18-47-19-14-39)32-23-33(48-35(32)41-34)38(3,4)37(45)43-29-6-7-30(43)9-8-29/h20-23,27,29-30,41H,6-19,24H2,1-5H3,(H,40,44). The molecule has 6 heterocycles. The molecular weight excluding hydrogens is 621 g/mol. The van der Waals surface area contributed by atoms with E-state index in [9.17, 15) is 9.59 Å². The lowest BCUT2D eigenvalue weighted by Crippen LogP contribution is -2.53. The summed E-state index contributed by atoms with van der Waals surface area (Å²) in [5.41, 5.74) is 5.06. The lowest BCUT2D eigenvalue weighted by molar-refractivity contribution is -0.155. The van der Waals surface area contributed by atoms with Crippen molar-refractivity contribution in [2.24, 2.45) is 5.92 Å². The molecule has 7 rings (SSSR count). The number of likely N-dealkylation sites (tertiary alicyclic amines) is 1. The monoisotopic (exact) mass is 674 g/mol. The third kappa shape index (κ3) is 6.36. The summed E-state index contributed by atoms with van der Waals surface area (Å²) in [5.74, 6) is 0.796. The SMILES string of the molecule is COC1(C(=O)NCC2CCN(CCc3c(-c4cc(C)cc(C)c4)[nH]c4sc(C(C)(C)C(=O)N5C6CCC5CC6)cc34)CC2)CCOCC1. The van der Waals surface area contributed by atoms with Crippen LogP contribution in [0.3, 0.4) is 0 Å². The highest BCUT2D eigenvalue weighted by Crippen LogP contribution is 2.44. The van der Waals surface area contributed by atoms with E-state index in [-0.39, 0.29) is 5.91 Å². The first-order valence-electron chi connectivity index (χ1n) is 18.3. The number of piperidine rings is 1. The number of benzene rings is 1. The second-order valence-electron chi connectivity index (χ2n) is 15.6. The Bertz CT molecular complexity index is 1600. The second kappa shape index (κ2) is 13.5. The fourth-order valence-corrected chi connectivity index (χ4v) is 10.1. The van der Waals surface area contributed by atoms with Crippen LogP contribution < -0.4 is 5.32 Å². The molecule has 2 N–H and O–H groups in total. The van der Waals surface area contributed by atoms with Crippen molar-refractivity contribution >= 4 is 33.4 Å². The Morgan fingerprint density at radius 3 is 2.27 bits per heavy atom. The summed E-state index contributed by atoms with van der Waals surface area (Å²) in [7, 11) is 1.64. The Morgan fingerprint density at radius 1 is 1.00 bits per heavy atom. The van der Waals surface area contributed by atoms with Crippen LogP contribution in [0.25, 0.3) is 21.5 Å². The molecule has 8 nitrogen and oxygen atoms in total. The maximum Gasteiger partial charge on any atom is 0.252 e. The van der Waals surface area contributed by atoms with Crippen molar-refractivity contribution in [3.63, 3.8) is 0 Å². The van der Waals surface area contributed by atoms with Crippen LogP contribution in [0, 0.1) is 19.8 Å². The number of nitrogens with zero attached hydrogens (tertiary/aromatic N) is 2. The number of thiophene rings is 1. The van der Waals surface area contributed by atoms with Crippen molar-refractivity contribution < 1.29 is 19.1 Å². The van der Waals surface area contributed by atoms with Crippen molar-refractivity contribution in [3.05, 3.63) is 45.8 Å². The number of hydrogen-bond donors (Lipinski definition) is 2. The number of aromatic nitrogens is 1. The van der Waals surface area contributed by atoms with Gasteiger partial charge in [0.2, 0.25) is 5.91 Å². The minimum absolute atomic E-state index is 0.0129. The number of hydrogen-bond acceptors (Lipinski definition) is 6. The number of nitrogens with one attached hydrogen (secondary N) is 2. The molecule has 2 amide bonds. The molecule has 48 heavy (non-hydrogen) atoms. The first-order chi connectivity index (χ1) is 23.1. The van der Waals surface area contributed by atoms with E-state index in [4.69, 9.17) is 9.47 Å². The van der Waals surface area contributed by atoms with E-state index < -0.39 is 11.0 Å². The van der Waals surface area contributed by atoms with E-state index in [2.05, 4.69) is 72.1 Å². The molecule has 2 bridgehead atoms. The predicted octanol–water partition coefficient (Wildman–Crippen LogP) is 6.51. The summed E-state index contributed by atoms with van der Waals surface area (Å²) in [6.07, 6.45) is 8.99. The molecule has 0 spiro atoms. The minimum atomic E-state index is -0.744. The third-order valence-electron chi connectivity index (χ3n) is 12.0. The molecule has 4 aliphatic heterocycles. The highest BCUT2D eigenvalue weighted by Gasteiger charge is 2.47. The Labute approximate surface area is 289 Å². The number of H-pyrrole nitrogens is 1. The number of ether oxygens (including phenoxy) is 2. The van der Waals surface area contributed by atoms with Crippen LogP contribution in [-0.2, 0) is 30.9 Å². The Kier molecular flexibility index (Phi) is 9.52. The van der Waals surface area contributed by atoms with Crippen LogP contribution in [0.4, 0.5) is 0 Å². The zero-order valence-corrected chi connectivity index (χ0v) is 30.4. The predicted molar refractivity (Wildman–Crippen MR) is 193 cm³/mol. The van der Waals surface area contributed by atoms with Crippen LogP contribution in [0.2, 0.25) is 0 Å². The number of rotatable bonds is 10. The van der Waals surface area contributed by atoms with Crippen LogP contribution in [0.15, 0.2) is 24.3 Å². The molecule has 1 aromatic carbocycles. The van der Waals surface area contributed by atoms with Gasteiger partial charge in [-0.3, -0.25) is 9.59 Å². The average molecular weight is 675 g/mol. The first kappa shape index (κ1) is 33.8. The largest absolute Gasteiger partial charge is 0.381 e. The molecule has 260 valence electrons. The normalized spacial score (nSPS) is 23.3. The lowest BCUT2D eigenvalue weighted by atomic mass is 9.88. The summed E-state index contributed by atoms with van der Waals surface area (Å²) in [5, 5.41) is 4.49. The van der Waals surface area contributed by atoms with Crippen LogP contribution in [0.5, 0.6) is 0 Å². The van der Waals surface area contributed by atoms with Gasteiger partial charge >= 0.3 is 0 Å². The summed E-state index contributed by atoms with van der Waals surface area (Å²) < 4.78 is 11.2. The number of methoxy groups -OCH3 is 1. The molecule has 4 fully saturated rings. The maximum absolute atomic E-state index is 14.0. The van der Waals surface area contributed by atoms with Crippen molar-refractivity contribution in [2.75, 3.05) is 46.5 Å². The summed E-state index contributed by atoms with van der Waals surface area (Å²) >= 11 is 1.77. The fraction of sp³-hybridized carbons (Fsp3) is 0.641. The van der Waals surface area contributed by atoms with E-state index >= 15 is 0 Å². The molecule has 3 aromatic rings. The molecule has 0 aliphatic carbocycles. The van der Waals surface area contributed by atoms with Crippen LogP contribution in [0.1, 0.15) is 86.8 Å². The highest BCUT2D eigenvalue weighted by atomic mass is 32.1. The van der Waals surface area contributed by atoms with Gasteiger partial charge in [0.05, 0.1) is 11.1 Å². The number of carbonyl (C=O) groups excluding carboxylic acids is 2. The smallest absolute Gasteiger partial charge is 0.252 e. The van der Waals surface area contributed by atoms with Crippen LogP contribution in [-0.4, -0.2) is 90.8 Å². The molecule has 0 saturated carbocycles. The van der Waals surface area contributed by atoms with Gasteiger partial charge in [0, 0.05) is 68.6 Å². The number of aryl methyl sites for hydroxylation is 2. The van der Waals surface area contributed by atoms with Crippen LogP contribution >= 0.6 is 11.3 Å². The van der Waals surface area contributed by atoms with Gasteiger partial charge in [-0.25, -0.2) is 0 Å². The Hall–Kier alpha value is -2.72. The van der Waals surface area contributed by atoms with Crippen molar-refractivity contribution in [3.8, 4) is 11.3 Å². The first-order valence-corrected chi connectivity index (χ1v) is 19.1. The minimum Gasteiger partial charge on any atom is -0.381 e. The number of carbonyl (C=O) groups is 2. The quantitative estimate of drug-likeness (QED) is 0.256. The fourth-order valence-electron chi connectivity index (χ4n) is 8.94. The lowest BCUT2D eigenvalue weighted by Gasteiger charge is -2.36. The van der Waals surface area contributed by atoms with Gasteiger partial charge in [-0.2, -0.15) is 0 Å². The molecule has 4 aliphatic rings. The molecular formula is C39H54N4O4S. The second-order valence-corrected chi connectivity index (χ2v) is 16.6.